The molecule has 0 aliphatic carbocycles. The molecule has 0 aliphatic rings. The number of benzene rings is 1. The molecule has 0 saturated carbocycles. The maximum atomic E-state index is 12.3. The molecule has 0 fully saturated rings. The minimum absolute atomic E-state index is 0.0933. The van der Waals surface area contributed by atoms with Crippen LogP contribution in [0.15, 0.2) is 47.1 Å². The summed E-state index contributed by atoms with van der Waals surface area (Å²) in [5.41, 5.74) is 1.48. The molecule has 0 unspecified atom stereocenters. The summed E-state index contributed by atoms with van der Waals surface area (Å²) < 4.78 is 5.16. The van der Waals surface area contributed by atoms with Gasteiger partial charge in [0.05, 0.1) is 6.54 Å². The Morgan fingerprint density at radius 1 is 1.19 bits per heavy atom. The lowest BCUT2D eigenvalue weighted by Crippen LogP contribution is -2.23. The normalized spacial score (nSPS) is 11.3. The molecule has 3 rings (SSSR count). The molecule has 2 N–H and O–H groups in total. The van der Waals surface area contributed by atoms with E-state index in [9.17, 15) is 9.90 Å². The number of aromatic nitrogens is 3. The van der Waals surface area contributed by atoms with E-state index in [2.05, 4.69) is 20.4 Å². The minimum Gasteiger partial charge on any atom is -0.506 e. The Kier molecular flexibility index (Phi) is 4.71. The third-order valence-electron chi connectivity index (χ3n) is 3.75. The van der Waals surface area contributed by atoms with E-state index in [1.807, 2.05) is 20.8 Å². The van der Waals surface area contributed by atoms with Crippen molar-refractivity contribution >= 4 is 5.91 Å². The average Bonchev–Trinajstić information content (AvgIpc) is 3.10. The third-order valence-corrected chi connectivity index (χ3v) is 3.75. The average molecular weight is 352 g/mol. The Labute approximate surface area is 151 Å². The van der Waals surface area contributed by atoms with Gasteiger partial charge in [0.2, 0.25) is 5.89 Å². The summed E-state index contributed by atoms with van der Waals surface area (Å²) in [6.45, 7) is 6.12. The van der Waals surface area contributed by atoms with Crippen LogP contribution >= 0.6 is 0 Å². The van der Waals surface area contributed by atoms with Crippen LogP contribution in [0.1, 0.15) is 42.8 Å². The van der Waals surface area contributed by atoms with Gasteiger partial charge in [0.1, 0.15) is 11.4 Å². The summed E-state index contributed by atoms with van der Waals surface area (Å²) in [6.07, 6.45) is 1.60. The monoisotopic (exact) mass is 352 g/mol. The van der Waals surface area contributed by atoms with E-state index in [1.54, 1.807) is 42.6 Å². The van der Waals surface area contributed by atoms with Gasteiger partial charge in [0.15, 0.2) is 5.82 Å². The van der Waals surface area contributed by atoms with E-state index in [0.29, 0.717) is 23.0 Å². The summed E-state index contributed by atoms with van der Waals surface area (Å²) in [5.74, 6) is 0.799. The summed E-state index contributed by atoms with van der Waals surface area (Å²) in [5, 5.41) is 16.5. The van der Waals surface area contributed by atoms with E-state index in [4.69, 9.17) is 4.52 Å². The van der Waals surface area contributed by atoms with Gasteiger partial charge in [-0.25, -0.2) is 0 Å². The van der Waals surface area contributed by atoms with Gasteiger partial charge in [-0.3, -0.25) is 9.78 Å². The second kappa shape index (κ2) is 6.95. The molecule has 134 valence electrons. The Bertz CT molecular complexity index is 911. The van der Waals surface area contributed by atoms with Gasteiger partial charge >= 0.3 is 0 Å². The first-order valence-electron chi connectivity index (χ1n) is 8.20. The van der Waals surface area contributed by atoms with E-state index < -0.39 is 0 Å². The first-order chi connectivity index (χ1) is 12.3. The topological polar surface area (TPSA) is 101 Å². The third kappa shape index (κ3) is 3.88. The maximum Gasteiger partial charge on any atom is 0.251 e. The molecular weight excluding hydrogens is 332 g/mol. The molecule has 7 nitrogen and oxygen atoms in total. The lowest BCUT2D eigenvalue weighted by atomic mass is 9.96. The Hall–Kier alpha value is -3.22. The molecule has 1 amide bonds. The van der Waals surface area contributed by atoms with E-state index in [1.165, 1.54) is 0 Å². The SMILES string of the molecule is CC(C)(C)c1noc(CNC(=O)c2ccc(-c3ncccc3O)cc2)n1. The number of aromatic hydroxyl groups is 1. The zero-order valence-corrected chi connectivity index (χ0v) is 14.9. The maximum absolute atomic E-state index is 12.3. The first kappa shape index (κ1) is 17.6. The number of amides is 1. The van der Waals surface area contributed by atoms with Crippen LogP contribution in [0.4, 0.5) is 0 Å². The molecule has 0 aliphatic heterocycles. The number of carbonyl (C=O) groups excluding carboxylic acids is 1. The molecule has 0 radical (unpaired) electrons. The number of hydrogen-bond acceptors (Lipinski definition) is 6. The molecule has 0 atom stereocenters. The van der Waals surface area contributed by atoms with Crippen molar-refractivity contribution in [2.75, 3.05) is 0 Å². The van der Waals surface area contributed by atoms with Crippen LogP contribution in [0.5, 0.6) is 5.75 Å². The largest absolute Gasteiger partial charge is 0.506 e. The lowest BCUT2D eigenvalue weighted by Gasteiger charge is -2.10. The van der Waals surface area contributed by atoms with Crippen molar-refractivity contribution in [1.29, 1.82) is 0 Å². The van der Waals surface area contributed by atoms with Crippen LogP contribution in [0.2, 0.25) is 0 Å². The molecular formula is C19H20N4O3. The van der Waals surface area contributed by atoms with Crippen LogP contribution in [-0.2, 0) is 12.0 Å². The van der Waals surface area contributed by atoms with Crippen molar-refractivity contribution < 1.29 is 14.4 Å². The molecule has 7 heteroatoms. The predicted molar refractivity (Wildman–Crippen MR) is 95.5 cm³/mol. The van der Waals surface area contributed by atoms with Crippen LogP contribution < -0.4 is 5.32 Å². The second-order valence-corrected chi connectivity index (χ2v) is 6.89. The highest BCUT2D eigenvalue weighted by Crippen LogP contribution is 2.26. The van der Waals surface area contributed by atoms with E-state index in [-0.39, 0.29) is 23.6 Å². The van der Waals surface area contributed by atoms with Crippen LogP contribution in [-0.4, -0.2) is 26.1 Å². The van der Waals surface area contributed by atoms with Crippen molar-refractivity contribution in [3.8, 4) is 17.0 Å². The van der Waals surface area contributed by atoms with Gasteiger partial charge in [-0.1, -0.05) is 38.1 Å². The zero-order chi connectivity index (χ0) is 18.7. The lowest BCUT2D eigenvalue weighted by molar-refractivity contribution is 0.0946. The molecule has 26 heavy (non-hydrogen) atoms. The van der Waals surface area contributed by atoms with E-state index in [0.717, 1.165) is 5.56 Å². The molecule has 2 heterocycles. The fourth-order valence-electron chi connectivity index (χ4n) is 2.29. The number of carbonyl (C=O) groups is 1. The van der Waals surface area contributed by atoms with Gasteiger partial charge in [-0.05, 0) is 24.3 Å². The number of nitrogens with one attached hydrogen (secondary N) is 1. The highest BCUT2D eigenvalue weighted by atomic mass is 16.5. The van der Waals surface area contributed by atoms with Gasteiger partial charge < -0.3 is 14.9 Å². The summed E-state index contributed by atoms with van der Waals surface area (Å²) in [6, 6.07) is 10.0. The van der Waals surface area contributed by atoms with Crippen LogP contribution in [0.25, 0.3) is 11.3 Å². The van der Waals surface area contributed by atoms with Crippen LogP contribution in [0.3, 0.4) is 0 Å². The number of hydrogen-bond donors (Lipinski definition) is 2. The van der Waals surface area contributed by atoms with Crippen molar-refractivity contribution in [3.05, 3.63) is 59.9 Å². The van der Waals surface area contributed by atoms with Gasteiger partial charge in [-0.15, -0.1) is 0 Å². The van der Waals surface area contributed by atoms with Crippen molar-refractivity contribution in [3.63, 3.8) is 0 Å². The Balaban J connectivity index is 1.65. The summed E-state index contributed by atoms with van der Waals surface area (Å²) in [7, 11) is 0. The second-order valence-electron chi connectivity index (χ2n) is 6.89. The molecule has 1 aromatic carbocycles. The fraction of sp³-hybridized carbons (Fsp3) is 0.263. The predicted octanol–water partition coefficient (Wildman–Crippen LogP) is 3.06. The van der Waals surface area contributed by atoms with Gasteiger partial charge in [0.25, 0.3) is 5.91 Å². The number of rotatable bonds is 4. The highest BCUT2D eigenvalue weighted by molar-refractivity contribution is 5.94. The molecule has 0 saturated heterocycles. The smallest absolute Gasteiger partial charge is 0.251 e. The Morgan fingerprint density at radius 2 is 1.92 bits per heavy atom. The summed E-state index contributed by atoms with van der Waals surface area (Å²) >= 11 is 0. The number of pyridine rings is 1. The quantitative estimate of drug-likeness (QED) is 0.748. The van der Waals surface area contributed by atoms with Gasteiger partial charge in [-0.2, -0.15) is 4.98 Å². The zero-order valence-electron chi connectivity index (χ0n) is 14.9. The Morgan fingerprint density at radius 3 is 2.54 bits per heavy atom. The fourth-order valence-corrected chi connectivity index (χ4v) is 2.29. The van der Waals surface area contributed by atoms with Crippen molar-refractivity contribution in [2.24, 2.45) is 0 Å². The van der Waals surface area contributed by atoms with Gasteiger partial charge in [0, 0.05) is 22.7 Å². The summed E-state index contributed by atoms with van der Waals surface area (Å²) in [4.78, 5) is 20.7. The molecule has 0 bridgehead atoms. The molecule has 2 aromatic heterocycles. The standard InChI is InChI=1S/C19H20N4O3/c1-19(2,3)18-22-15(26-23-18)11-21-17(25)13-8-6-12(7-9-13)16-14(24)5-4-10-20-16/h4-10,24H,11H2,1-3H3,(H,21,25). The highest BCUT2D eigenvalue weighted by Gasteiger charge is 2.21. The molecule has 3 aromatic rings. The van der Waals surface area contributed by atoms with Crippen LogP contribution in [0, 0.1) is 0 Å². The van der Waals surface area contributed by atoms with E-state index >= 15 is 0 Å². The first-order valence-corrected chi connectivity index (χ1v) is 8.20. The van der Waals surface area contributed by atoms with Crippen molar-refractivity contribution in [2.45, 2.75) is 32.7 Å². The minimum atomic E-state index is -0.252. The van der Waals surface area contributed by atoms with Crippen molar-refractivity contribution in [1.82, 2.24) is 20.4 Å². The number of nitrogens with zero attached hydrogens (tertiary/aromatic N) is 3. The molecule has 0 spiro atoms.